The van der Waals surface area contributed by atoms with E-state index in [4.69, 9.17) is 9.47 Å². The smallest absolute Gasteiger partial charge is 0.136 e. The summed E-state index contributed by atoms with van der Waals surface area (Å²) in [6.07, 6.45) is 1.74. The van der Waals surface area contributed by atoms with Crippen LogP contribution in [0.15, 0.2) is 23.2 Å². The Labute approximate surface area is 86.3 Å². The summed E-state index contributed by atoms with van der Waals surface area (Å²) in [7, 11) is 3.24. The molecule has 0 fully saturated rings. The Morgan fingerprint density at radius 3 is 2.31 bits per heavy atom. The number of halogens is 1. The van der Waals surface area contributed by atoms with Crippen molar-refractivity contribution in [1.29, 1.82) is 0 Å². The Kier molecular flexibility index (Phi) is 3.37. The van der Waals surface area contributed by atoms with Crippen molar-refractivity contribution in [2.45, 2.75) is 0 Å². The van der Waals surface area contributed by atoms with Gasteiger partial charge in [0.25, 0.3) is 0 Å². The molecule has 0 atom stereocenters. The van der Waals surface area contributed by atoms with Crippen molar-refractivity contribution in [3.63, 3.8) is 0 Å². The summed E-state index contributed by atoms with van der Waals surface area (Å²) in [5.41, 5.74) is 0.940. The second-order valence-corrected chi connectivity index (χ2v) is 3.29. The quantitative estimate of drug-likeness (QED) is 0.812. The van der Waals surface area contributed by atoms with Crippen molar-refractivity contribution in [3.8, 4) is 11.5 Å². The average Bonchev–Trinajstić information content (AvgIpc) is 2.17. The van der Waals surface area contributed by atoms with Gasteiger partial charge in [0, 0.05) is 11.6 Å². The molecule has 0 heterocycles. The van der Waals surface area contributed by atoms with E-state index in [9.17, 15) is 0 Å². The van der Waals surface area contributed by atoms with Gasteiger partial charge in [-0.15, -0.1) is 0 Å². The van der Waals surface area contributed by atoms with Gasteiger partial charge < -0.3 is 9.47 Å². The molecule has 13 heavy (non-hydrogen) atoms. The molecule has 0 aliphatic carbocycles. The fourth-order valence-corrected chi connectivity index (χ4v) is 1.57. The summed E-state index contributed by atoms with van der Waals surface area (Å²) in [6.45, 7) is 3.69. The highest BCUT2D eigenvalue weighted by atomic mass is 79.9. The summed E-state index contributed by atoms with van der Waals surface area (Å²) in [5, 5.41) is 0. The van der Waals surface area contributed by atoms with Crippen LogP contribution in [0.3, 0.4) is 0 Å². The van der Waals surface area contributed by atoms with Crippen molar-refractivity contribution in [2.75, 3.05) is 14.2 Å². The number of ether oxygens (including phenoxy) is 2. The molecule has 0 N–H and O–H groups in total. The normalized spacial score (nSPS) is 9.46. The predicted octanol–water partition coefficient (Wildman–Crippen LogP) is 3.11. The van der Waals surface area contributed by atoms with Crippen LogP contribution in [-0.2, 0) is 0 Å². The molecule has 0 amide bonds. The Morgan fingerprint density at radius 1 is 1.23 bits per heavy atom. The fourth-order valence-electron chi connectivity index (χ4n) is 1.04. The van der Waals surface area contributed by atoms with Crippen LogP contribution >= 0.6 is 15.9 Å². The molecule has 0 saturated carbocycles. The maximum absolute atomic E-state index is 5.16. The van der Waals surface area contributed by atoms with Crippen LogP contribution in [0.25, 0.3) is 6.08 Å². The van der Waals surface area contributed by atoms with E-state index in [0.717, 1.165) is 21.5 Å². The Balaban J connectivity index is 3.26. The molecular formula is C10H11BrO2. The molecule has 70 valence electrons. The van der Waals surface area contributed by atoms with Crippen molar-refractivity contribution in [3.05, 3.63) is 28.7 Å². The van der Waals surface area contributed by atoms with E-state index in [1.807, 2.05) is 12.1 Å². The van der Waals surface area contributed by atoms with Gasteiger partial charge >= 0.3 is 0 Å². The van der Waals surface area contributed by atoms with E-state index in [2.05, 4.69) is 22.5 Å². The van der Waals surface area contributed by atoms with Gasteiger partial charge in [-0.05, 0) is 22.0 Å². The molecule has 0 aliphatic rings. The summed E-state index contributed by atoms with van der Waals surface area (Å²) in [5.74, 6) is 1.51. The zero-order valence-electron chi connectivity index (χ0n) is 7.63. The van der Waals surface area contributed by atoms with E-state index in [1.165, 1.54) is 0 Å². The van der Waals surface area contributed by atoms with Crippen molar-refractivity contribution in [2.24, 2.45) is 0 Å². The Morgan fingerprint density at radius 2 is 1.85 bits per heavy atom. The SMILES string of the molecule is C=Cc1cc(Br)c(OC)cc1OC. The summed E-state index contributed by atoms with van der Waals surface area (Å²) in [6, 6.07) is 3.73. The average molecular weight is 243 g/mol. The molecule has 0 radical (unpaired) electrons. The van der Waals surface area contributed by atoms with Crippen LogP contribution in [0.5, 0.6) is 11.5 Å². The molecule has 1 aromatic rings. The molecule has 0 aliphatic heterocycles. The summed E-state index contributed by atoms with van der Waals surface area (Å²) in [4.78, 5) is 0. The first-order valence-electron chi connectivity index (χ1n) is 3.77. The largest absolute Gasteiger partial charge is 0.496 e. The first-order chi connectivity index (χ1) is 6.22. The van der Waals surface area contributed by atoms with Gasteiger partial charge in [0.15, 0.2) is 0 Å². The van der Waals surface area contributed by atoms with Crippen LogP contribution in [0.2, 0.25) is 0 Å². The first kappa shape index (κ1) is 10.1. The second-order valence-electron chi connectivity index (χ2n) is 2.43. The van der Waals surface area contributed by atoms with Crippen molar-refractivity contribution >= 4 is 22.0 Å². The third kappa shape index (κ3) is 2.04. The number of benzene rings is 1. The van der Waals surface area contributed by atoms with Crippen molar-refractivity contribution in [1.82, 2.24) is 0 Å². The Hall–Kier alpha value is -0.960. The first-order valence-corrected chi connectivity index (χ1v) is 4.56. The number of hydrogen-bond acceptors (Lipinski definition) is 2. The lowest BCUT2D eigenvalue weighted by Crippen LogP contribution is -1.90. The molecule has 0 saturated heterocycles. The summed E-state index contributed by atoms with van der Waals surface area (Å²) >= 11 is 3.38. The monoisotopic (exact) mass is 242 g/mol. The van der Waals surface area contributed by atoms with Crippen LogP contribution in [0.4, 0.5) is 0 Å². The molecular weight excluding hydrogens is 232 g/mol. The topological polar surface area (TPSA) is 18.5 Å². The second kappa shape index (κ2) is 4.33. The van der Waals surface area contributed by atoms with Crippen LogP contribution in [0.1, 0.15) is 5.56 Å². The Bertz CT molecular complexity index is 321. The van der Waals surface area contributed by atoms with Crippen LogP contribution in [0, 0.1) is 0 Å². The summed E-state index contributed by atoms with van der Waals surface area (Å²) < 4.78 is 11.2. The number of hydrogen-bond donors (Lipinski definition) is 0. The number of rotatable bonds is 3. The molecule has 1 aromatic carbocycles. The number of methoxy groups -OCH3 is 2. The molecule has 0 spiro atoms. The lowest BCUT2D eigenvalue weighted by Gasteiger charge is -2.09. The highest BCUT2D eigenvalue weighted by molar-refractivity contribution is 9.10. The van der Waals surface area contributed by atoms with Gasteiger partial charge in [-0.25, -0.2) is 0 Å². The molecule has 3 heteroatoms. The van der Waals surface area contributed by atoms with E-state index in [1.54, 1.807) is 20.3 Å². The zero-order valence-corrected chi connectivity index (χ0v) is 9.22. The highest BCUT2D eigenvalue weighted by Gasteiger charge is 2.06. The highest BCUT2D eigenvalue weighted by Crippen LogP contribution is 2.33. The molecule has 0 bridgehead atoms. The van der Waals surface area contributed by atoms with E-state index in [-0.39, 0.29) is 0 Å². The standard InChI is InChI=1S/C10H11BrO2/c1-4-7-5-8(11)10(13-3)6-9(7)12-2/h4-6H,1H2,2-3H3. The third-order valence-corrected chi connectivity index (χ3v) is 2.34. The van der Waals surface area contributed by atoms with Crippen molar-refractivity contribution < 1.29 is 9.47 Å². The minimum absolute atomic E-state index is 0.752. The van der Waals surface area contributed by atoms with Gasteiger partial charge in [0.1, 0.15) is 11.5 Å². The van der Waals surface area contributed by atoms with E-state index >= 15 is 0 Å². The van der Waals surface area contributed by atoms with Gasteiger partial charge in [0.05, 0.1) is 18.7 Å². The van der Waals surface area contributed by atoms with Crippen LogP contribution in [-0.4, -0.2) is 14.2 Å². The van der Waals surface area contributed by atoms with Gasteiger partial charge in [-0.2, -0.15) is 0 Å². The predicted molar refractivity (Wildman–Crippen MR) is 57.3 cm³/mol. The van der Waals surface area contributed by atoms with Gasteiger partial charge in [-0.1, -0.05) is 12.7 Å². The van der Waals surface area contributed by atoms with E-state index < -0.39 is 0 Å². The molecule has 2 nitrogen and oxygen atoms in total. The van der Waals surface area contributed by atoms with E-state index in [0.29, 0.717) is 0 Å². The van der Waals surface area contributed by atoms with Crippen LogP contribution < -0.4 is 9.47 Å². The van der Waals surface area contributed by atoms with Gasteiger partial charge in [0.2, 0.25) is 0 Å². The molecule has 1 rings (SSSR count). The maximum atomic E-state index is 5.16. The zero-order chi connectivity index (χ0) is 9.84. The lowest BCUT2D eigenvalue weighted by molar-refractivity contribution is 0.392. The fraction of sp³-hybridized carbons (Fsp3) is 0.200. The molecule has 0 aromatic heterocycles. The molecule has 0 unspecified atom stereocenters. The third-order valence-electron chi connectivity index (χ3n) is 1.72. The maximum Gasteiger partial charge on any atom is 0.136 e. The van der Waals surface area contributed by atoms with Gasteiger partial charge in [-0.3, -0.25) is 0 Å². The minimum Gasteiger partial charge on any atom is -0.496 e. The minimum atomic E-state index is 0.752. The lowest BCUT2D eigenvalue weighted by atomic mass is 10.2.